The highest BCUT2D eigenvalue weighted by molar-refractivity contribution is 7.99. The first-order valence-corrected chi connectivity index (χ1v) is 8.28. The lowest BCUT2D eigenvalue weighted by atomic mass is 10.3. The van der Waals surface area contributed by atoms with Gasteiger partial charge >= 0.3 is 0 Å². The molecule has 0 aliphatic heterocycles. The highest BCUT2D eigenvalue weighted by Gasteiger charge is 2.01. The van der Waals surface area contributed by atoms with Crippen molar-refractivity contribution in [2.24, 2.45) is 0 Å². The summed E-state index contributed by atoms with van der Waals surface area (Å²) in [6.45, 7) is 10.2. The van der Waals surface area contributed by atoms with Crippen LogP contribution < -0.4 is 5.32 Å². The van der Waals surface area contributed by atoms with Crippen molar-refractivity contribution in [1.29, 1.82) is 0 Å². The standard InChI is InChI=1S/C15H27N3OS/c1-4-18(5-2)9-11-20-15-7-6-14(13-17-15)12-16-8-10-19-3/h6-7,13,16H,4-5,8-12H2,1-3H3. The van der Waals surface area contributed by atoms with Crippen LogP contribution >= 0.6 is 11.8 Å². The van der Waals surface area contributed by atoms with Gasteiger partial charge in [-0.1, -0.05) is 19.9 Å². The lowest BCUT2D eigenvalue weighted by Crippen LogP contribution is -2.25. The zero-order valence-corrected chi connectivity index (χ0v) is 13.7. The SMILES string of the molecule is CCN(CC)CCSc1ccc(CNCCOC)cn1. The first-order valence-electron chi connectivity index (χ1n) is 7.29. The number of rotatable bonds is 11. The van der Waals surface area contributed by atoms with Gasteiger partial charge in [-0.25, -0.2) is 4.98 Å². The molecule has 114 valence electrons. The highest BCUT2D eigenvalue weighted by Crippen LogP contribution is 2.15. The molecule has 20 heavy (non-hydrogen) atoms. The van der Waals surface area contributed by atoms with E-state index >= 15 is 0 Å². The topological polar surface area (TPSA) is 37.4 Å². The van der Waals surface area contributed by atoms with E-state index in [2.05, 4.69) is 41.2 Å². The Morgan fingerprint density at radius 2 is 2.10 bits per heavy atom. The molecule has 0 aromatic carbocycles. The average Bonchev–Trinajstić information content (AvgIpc) is 2.49. The molecule has 0 radical (unpaired) electrons. The fourth-order valence-corrected chi connectivity index (χ4v) is 2.68. The molecule has 0 atom stereocenters. The van der Waals surface area contributed by atoms with Crippen molar-refractivity contribution in [3.05, 3.63) is 23.9 Å². The molecule has 0 saturated heterocycles. The number of aromatic nitrogens is 1. The van der Waals surface area contributed by atoms with Crippen molar-refractivity contribution >= 4 is 11.8 Å². The second-order valence-electron chi connectivity index (χ2n) is 4.55. The quantitative estimate of drug-likeness (QED) is 0.501. The number of thioether (sulfide) groups is 1. The van der Waals surface area contributed by atoms with Gasteiger partial charge in [-0.15, -0.1) is 11.8 Å². The normalized spacial score (nSPS) is 11.2. The van der Waals surface area contributed by atoms with Crippen molar-refractivity contribution < 1.29 is 4.74 Å². The molecule has 1 heterocycles. The van der Waals surface area contributed by atoms with Crippen LogP contribution in [0.2, 0.25) is 0 Å². The lowest BCUT2D eigenvalue weighted by molar-refractivity contribution is 0.199. The van der Waals surface area contributed by atoms with E-state index < -0.39 is 0 Å². The monoisotopic (exact) mass is 297 g/mol. The zero-order valence-electron chi connectivity index (χ0n) is 12.9. The maximum absolute atomic E-state index is 5.00. The van der Waals surface area contributed by atoms with Gasteiger partial charge in [-0.3, -0.25) is 0 Å². The zero-order chi connectivity index (χ0) is 14.6. The Morgan fingerprint density at radius 3 is 2.70 bits per heavy atom. The predicted octanol–water partition coefficient (Wildman–Crippen LogP) is 2.25. The summed E-state index contributed by atoms with van der Waals surface area (Å²) in [5.41, 5.74) is 1.22. The first-order chi connectivity index (χ1) is 9.80. The number of nitrogens with one attached hydrogen (secondary N) is 1. The smallest absolute Gasteiger partial charge is 0.0960 e. The molecular weight excluding hydrogens is 270 g/mol. The third-order valence-electron chi connectivity index (χ3n) is 3.16. The Balaban J connectivity index is 2.24. The maximum atomic E-state index is 5.00. The average molecular weight is 297 g/mol. The van der Waals surface area contributed by atoms with Gasteiger partial charge in [0.1, 0.15) is 0 Å². The second kappa shape index (κ2) is 11.1. The summed E-state index contributed by atoms with van der Waals surface area (Å²) < 4.78 is 5.00. The minimum absolute atomic E-state index is 0.743. The third kappa shape index (κ3) is 7.24. The van der Waals surface area contributed by atoms with E-state index in [1.165, 1.54) is 5.56 Å². The van der Waals surface area contributed by atoms with Crippen LogP contribution in [0.4, 0.5) is 0 Å². The molecule has 0 amide bonds. The van der Waals surface area contributed by atoms with Gasteiger partial charge in [-0.05, 0) is 24.7 Å². The molecule has 0 aliphatic carbocycles. The number of ether oxygens (including phenoxy) is 1. The summed E-state index contributed by atoms with van der Waals surface area (Å²) >= 11 is 1.83. The minimum Gasteiger partial charge on any atom is -0.383 e. The molecule has 1 N–H and O–H groups in total. The van der Waals surface area contributed by atoms with Gasteiger partial charge in [-0.2, -0.15) is 0 Å². The first kappa shape index (κ1) is 17.4. The molecule has 0 bridgehead atoms. The maximum Gasteiger partial charge on any atom is 0.0960 e. The summed E-state index contributed by atoms with van der Waals surface area (Å²) in [5, 5.41) is 4.43. The predicted molar refractivity (Wildman–Crippen MR) is 86.3 cm³/mol. The summed E-state index contributed by atoms with van der Waals surface area (Å²) in [7, 11) is 1.72. The number of hydrogen-bond acceptors (Lipinski definition) is 5. The molecule has 1 aromatic rings. The Hall–Kier alpha value is -0.620. The number of hydrogen-bond donors (Lipinski definition) is 1. The van der Waals surface area contributed by atoms with Gasteiger partial charge in [0.05, 0.1) is 11.6 Å². The Labute approximate surface area is 127 Å². The van der Waals surface area contributed by atoms with Crippen LogP contribution in [0.25, 0.3) is 0 Å². The molecule has 0 spiro atoms. The summed E-state index contributed by atoms with van der Waals surface area (Å²) in [6.07, 6.45) is 1.96. The summed E-state index contributed by atoms with van der Waals surface area (Å²) in [4.78, 5) is 6.93. The fourth-order valence-electron chi connectivity index (χ4n) is 1.83. The van der Waals surface area contributed by atoms with Crippen LogP contribution in [-0.4, -0.2) is 55.5 Å². The third-order valence-corrected chi connectivity index (χ3v) is 4.09. The van der Waals surface area contributed by atoms with E-state index in [1.807, 2.05) is 18.0 Å². The minimum atomic E-state index is 0.743. The van der Waals surface area contributed by atoms with E-state index in [0.717, 1.165) is 50.1 Å². The summed E-state index contributed by atoms with van der Waals surface area (Å²) in [6, 6.07) is 4.26. The Morgan fingerprint density at radius 1 is 1.30 bits per heavy atom. The van der Waals surface area contributed by atoms with Crippen LogP contribution in [0, 0.1) is 0 Å². The molecule has 0 fully saturated rings. The molecule has 1 aromatic heterocycles. The van der Waals surface area contributed by atoms with Gasteiger partial charge in [0.15, 0.2) is 0 Å². The van der Waals surface area contributed by atoms with Crippen molar-refractivity contribution in [3.63, 3.8) is 0 Å². The van der Waals surface area contributed by atoms with Crippen LogP contribution in [0.5, 0.6) is 0 Å². The van der Waals surface area contributed by atoms with E-state index in [-0.39, 0.29) is 0 Å². The Kier molecular flexibility index (Phi) is 9.66. The van der Waals surface area contributed by atoms with Crippen molar-refractivity contribution in [3.8, 4) is 0 Å². The second-order valence-corrected chi connectivity index (χ2v) is 5.66. The molecular formula is C15H27N3OS. The molecule has 0 unspecified atom stereocenters. The van der Waals surface area contributed by atoms with Gasteiger partial charge in [0.2, 0.25) is 0 Å². The van der Waals surface area contributed by atoms with E-state index in [1.54, 1.807) is 7.11 Å². The van der Waals surface area contributed by atoms with Crippen LogP contribution in [-0.2, 0) is 11.3 Å². The van der Waals surface area contributed by atoms with E-state index in [9.17, 15) is 0 Å². The molecule has 1 rings (SSSR count). The lowest BCUT2D eigenvalue weighted by Gasteiger charge is -2.17. The van der Waals surface area contributed by atoms with E-state index in [4.69, 9.17) is 4.74 Å². The number of methoxy groups -OCH3 is 1. The number of nitrogens with zero attached hydrogens (tertiary/aromatic N) is 2. The van der Waals surface area contributed by atoms with Crippen molar-refractivity contribution in [1.82, 2.24) is 15.2 Å². The molecule has 5 heteroatoms. The van der Waals surface area contributed by atoms with Gasteiger partial charge < -0.3 is 15.0 Å². The largest absolute Gasteiger partial charge is 0.383 e. The number of pyridine rings is 1. The molecule has 4 nitrogen and oxygen atoms in total. The van der Waals surface area contributed by atoms with Gasteiger partial charge in [0, 0.05) is 38.7 Å². The molecule has 0 aliphatic rings. The Bertz CT molecular complexity index is 341. The van der Waals surface area contributed by atoms with Crippen molar-refractivity contribution in [2.75, 3.05) is 45.6 Å². The van der Waals surface area contributed by atoms with Crippen LogP contribution in [0.15, 0.2) is 23.4 Å². The van der Waals surface area contributed by atoms with Crippen LogP contribution in [0.1, 0.15) is 19.4 Å². The van der Waals surface area contributed by atoms with Crippen LogP contribution in [0.3, 0.4) is 0 Å². The van der Waals surface area contributed by atoms with E-state index in [0.29, 0.717) is 0 Å². The van der Waals surface area contributed by atoms with Gasteiger partial charge in [0.25, 0.3) is 0 Å². The highest BCUT2D eigenvalue weighted by atomic mass is 32.2. The van der Waals surface area contributed by atoms with Crippen molar-refractivity contribution in [2.45, 2.75) is 25.4 Å². The summed E-state index contributed by atoms with van der Waals surface area (Å²) in [5.74, 6) is 1.10. The fraction of sp³-hybridized carbons (Fsp3) is 0.667. The molecule has 0 saturated carbocycles.